The number of epoxide rings is 1. The van der Waals surface area contributed by atoms with Crippen LogP contribution in [0.2, 0.25) is 0 Å². The lowest BCUT2D eigenvalue weighted by Gasteiger charge is -2.62. The first kappa shape index (κ1) is 26.1. The Morgan fingerprint density at radius 2 is 1.65 bits per heavy atom. The van der Waals surface area contributed by atoms with Gasteiger partial charge in [-0.25, -0.2) is 0 Å². The van der Waals surface area contributed by atoms with E-state index >= 15 is 0 Å². The minimum absolute atomic E-state index is 0.0573. The van der Waals surface area contributed by atoms with Gasteiger partial charge in [0.2, 0.25) is 0 Å². The van der Waals surface area contributed by atoms with Crippen LogP contribution in [0.15, 0.2) is 12.2 Å². The molecule has 2 bridgehead atoms. The zero-order chi connectivity index (χ0) is 27.1. The molecule has 1 aliphatic carbocycles. The van der Waals surface area contributed by atoms with E-state index in [1.807, 2.05) is 0 Å². The third kappa shape index (κ3) is 3.64. The number of rotatable bonds is 3. The lowest BCUT2D eigenvalue weighted by Crippen LogP contribution is -2.75. The Morgan fingerprint density at radius 1 is 1.05 bits per heavy atom. The summed E-state index contributed by atoms with van der Waals surface area (Å²) in [5.41, 5.74) is -3.40. The first-order valence-corrected chi connectivity index (χ1v) is 12.7. The SMILES string of the molecule is C=C1C[C@@H]2OC(=O)C(C)[C@]23O[C@@]1(O)C[C@H](OC(C)=O)[C@@]1(C)[C@@H](OC(C)=O)CC[C@]2(CO2)[C@@H]1[C@@H]3OC(C)=O. The number of ether oxygens (including phenoxy) is 6. The maximum atomic E-state index is 13.0. The summed E-state index contributed by atoms with van der Waals surface area (Å²) in [6.07, 6.45) is -3.24. The fourth-order valence-electron chi connectivity index (χ4n) is 7.44. The minimum Gasteiger partial charge on any atom is -0.462 e. The second-order valence-corrected chi connectivity index (χ2v) is 11.4. The number of fused-ring (bicyclic) bond motifs is 3. The van der Waals surface area contributed by atoms with Crippen molar-refractivity contribution in [3.8, 4) is 0 Å². The third-order valence-electron chi connectivity index (χ3n) is 9.21. The van der Waals surface area contributed by atoms with Gasteiger partial charge in [-0.05, 0) is 25.3 Å². The third-order valence-corrected chi connectivity index (χ3v) is 9.21. The van der Waals surface area contributed by atoms with E-state index in [-0.39, 0.29) is 18.4 Å². The van der Waals surface area contributed by atoms with Gasteiger partial charge in [0.05, 0.1) is 23.5 Å². The van der Waals surface area contributed by atoms with Crippen LogP contribution in [0.5, 0.6) is 0 Å². The molecule has 4 heterocycles. The van der Waals surface area contributed by atoms with Crippen LogP contribution in [0.4, 0.5) is 0 Å². The van der Waals surface area contributed by atoms with Gasteiger partial charge < -0.3 is 33.5 Å². The Kier molecular flexibility index (Phi) is 5.82. The molecule has 0 aromatic carbocycles. The van der Waals surface area contributed by atoms with Gasteiger partial charge in [-0.2, -0.15) is 0 Å². The molecule has 11 nitrogen and oxygen atoms in total. The lowest BCUT2D eigenvalue weighted by molar-refractivity contribution is -0.353. The number of esters is 4. The molecule has 5 fully saturated rings. The summed E-state index contributed by atoms with van der Waals surface area (Å²) < 4.78 is 35.9. The van der Waals surface area contributed by atoms with Crippen LogP contribution in [0.25, 0.3) is 0 Å². The molecule has 2 spiro atoms. The molecule has 1 N–H and O–H groups in total. The first-order valence-electron chi connectivity index (χ1n) is 12.7. The maximum Gasteiger partial charge on any atom is 0.312 e. The highest BCUT2D eigenvalue weighted by Gasteiger charge is 2.79. The van der Waals surface area contributed by atoms with Gasteiger partial charge in [0.1, 0.15) is 24.4 Å². The van der Waals surface area contributed by atoms with Gasteiger partial charge in [-0.15, -0.1) is 0 Å². The van der Waals surface area contributed by atoms with E-state index < -0.39 is 82.5 Å². The van der Waals surface area contributed by atoms with Crippen LogP contribution in [-0.2, 0) is 47.6 Å². The number of aliphatic hydroxyl groups is 1. The Labute approximate surface area is 214 Å². The molecule has 11 heteroatoms. The quantitative estimate of drug-likeness (QED) is 0.248. The Bertz CT molecular complexity index is 1060. The van der Waals surface area contributed by atoms with Crippen molar-refractivity contribution in [2.24, 2.45) is 17.3 Å². The number of hydrogen-bond acceptors (Lipinski definition) is 11. The van der Waals surface area contributed by atoms with Crippen molar-refractivity contribution in [2.75, 3.05) is 6.61 Å². The van der Waals surface area contributed by atoms with E-state index in [0.717, 1.165) is 0 Å². The summed E-state index contributed by atoms with van der Waals surface area (Å²) in [5, 5.41) is 11.9. The summed E-state index contributed by atoms with van der Waals surface area (Å²) in [6.45, 7) is 11.5. The van der Waals surface area contributed by atoms with Crippen molar-refractivity contribution in [1.82, 2.24) is 0 Å². The standard InChI is InChI=1S/C26H34O11/c1-12-9-18-26(13(2)22(30)36-18)21(35-16(5)29)20-23(6,19(34-15(4)28)10-25(12,31)37-26)17(33-14(3)27)7-8-24(20)11-32-24/h13,17-21,31H,1,7-11H2,2-6H3/t13?,17-,18-,19-,20+,21-,23+,24-,25-,26-/m0/s1. The van der Waals surface area contributed by atoms with Crippen LogP contribution in [-0.4, -0.2) is 77.0 Å². The zero-order valence-corrected chi connectivity index (χ0v) is 21.7. The Morgan fingerprint density at radius 3 is 2.22 bits per heavy atom. The number of carbonyl (C=O) groups excluding carboxylic acids is 4. The molecule has 0 radical (unpaired) electrons. The molecule has 1 unspecified atom stereocenters. The predicted octanol–water partition coefficient (Wildman–Crippen LogP) is 1.34. The topological polar surface area (TPSA) is 147 Å². The Hall–Kier alpha value is -2.50. The molecule has 4 aliphatic heterocycles. The fraction of sp³-hybridized carbons (Fsp3) is 0.769. The molecule has 37 heavy (non-hydrogen) atoms. The van der Waals surface area contributed by atoms with E-state index in [9.17, 15) is 24.3 Å². The fourth-order valence-corrected chi connectivity index (χ4v) is 7.44. The van der Waals surface area contributed by atoms with Crippen LogP contribution in [0.1, 0.15) is 60.3 Å². The summed E-state index contributed by atoms with van der Waals surface area (Å²) in [6, 6.07) is 0. The van der Waals surface area contributed by atoms with Gasteiger partial charge in [0, 0.05) is 39.5 Å². The second kappa shape index (κ2) is 8.25. The van der Waals surface area contributed by atoms with Crippen LogP contribution >= 0.6 is 0 Å². The summed E-state index contributed by atoms with van der Waals surface area (Å²) in [4.78, 5) is 50.2. The maximum absolute atomic E-state index is 13.0. The highest BCUT2D eigenvalue weighted by atomic mass is 16.7. The van der Waals surface area contributed by atoms with Crippen molar-refractivity contribution < 1.29 is 52.7 Å². The predicted molar refractivity (Wildman–Crippen MR) is 122 cm³/mol. The molecular formula is C26H34O11. The normalized spacial score (nSPS) is 48.1. The Balaban J connectivity index is 1.80. The number of hydrogen-bond donors (Lipinski definition) is 1. The van der Waals surface area contributed by atoms with Gasteiger partial charge in [0.25, 0.3) is 0 Å². The molecule has 204 valence electrons. The van der Waals surface area contributed by atoms with Gasteiger partial charge in [-0.1, -0.05) is 13.5 Å². The summed E-state index contributed by atoms with van der Waals surface area (Å²) in [7, 11) is 0. The van der Waals surface area contributed by atoms with Crippen molar-refractivity contribution in [2.45, 2.75) is 102 Å². The first-order chi connectivity index (χ1) is 17.2. The molecule has 0 amide bonds. The van der Waals surface area contributed by atoms with Crippen molar-refractivity contribution in [3.63, 3.8) is 0 Å². The van der Waals surface area contributed by atoms with Gasteiger partial charge in [0.15, 0.2) is 11.4 Å². The van der Waals surface area contributed by atoms with Crippen LogP contribution in [0.3, 0.4) is 0 Å². The molecular weight excluding hydrogens is 488 g/mol. The van der Waals surface area contributed by atoms with Gasteiger partial charge in [-0.3, -0.25) is 19.2 Å². The van der Waals surface area contributed by atoms with E-state index in [0.29, 0.717) is 19.4 Å². The van der Waals surface area contributed by atoms with Crippen molar-refractivity contribution in [3.05, 3.63) is 12.2 Å². The van der Waals surface area contributed by atoms with Crippen molar-refractivity contribution in [1.29, 1.82) is 0 Å². The highest BCUT2D eigenvalue weighted by molar-refractivity contribution is 5.78. The van der Waals surface area contributed by atoms with E-state index in [4.69, 9.17) is 28.4 Å². The molecule has 4 saturated heterocycles. The van der Waals surface area contributed by atoms with Crippen LogP contribution < -0.4 is 0 Å². The minimum atomic E-state index is -2.05. The molecule has 10 atom stereocenters. The average Bonchev–Trinajstić information content (AvgIpc) is 3.50. The van der Waals surface area contributed by atoms with E-state index in [1.165, 1.54) is 20.8 Å². The van der Waals surface area contributed by atoms with E-state index in [1.54, 1.807) is 13.8 Å². The molecule has 5 rings (SSSR count). The summed E-state index contributed by atoms with van der Waals surface area (Å²) in [5.74, 6) is -6.08. The number of carbonyl (C=O) groups is 4. The highest BCUT2D eigenvalue weighted by Crippen LogP contribution is 2.65. The molecule has 0 aromatic rings. The van der Waals surface area contributed by atoms with E-state index in [2.05, 4.69) is 6.58 Å². The molecule has 1 saturated carbocycles. The zero-order valence-electron chi connectivity index (χ0n) is 21.7. The second-order valence-electron chi connectivity index (χ2n) is 11.4. The lowest BCUT2D eigenvalue weighted by atomic mass is 9.51. The largest absolute Gasteiger partial charge is 0.462 e. The summed E-state index contributed by atoms with van der Waals surface area (Å²) >= 11 is 0. The molecule has 5 aliphatic rings. The van der Waals surface area contributed by atoms with Crippen molar-refractivity contribution >= 4 is 23.9 Å². The molecule has 0 aromatic heterocycles. The van der Waals surface area contributed by atoms with Gasteiger partial charge >= 0.3 is 23.9 Å². The van der Waals surface area contributed by atoms with Crippen LogP contribution in [0, 0.1) is 17.3 Å². The smallest absolute Gasteiger partial charge is 0.312 e. The monoisotopic (exact) mass is 522 g/mol. The average molecular weight is 523 g/mol.